The highest BCUT2D eigenvalue weighted by molar-refractivity contribution is 9.11. The molecule has 2 aromatic carbocycles. The fourth-order valence-electron chi connectivity index (χ4n) is 6.00. The van der Waals surface area contributed by atoms with Gasteiger partial charge in [0.1, 0.15) is 0 Å². The normalized spacial score (nSPS) is 11.7. The van der Waals surface area contributed by atoms with Gasteiger partial charge in [-0.05, 0) is 127 Å². The van der Waals surface area contributed by atoms with E-state index in [1.54, 1.807) is 0 Å². The SMILES string of the molecule is CCCCCCc1cc(-c2ccc(/C=C/c3ccc(-c4cc(CCCCCC)c(-c5ccc(Br)s5)s4)cc3)cc2)sc1-c1ccc(Br)s1. The number of thiophene rings is 4. The molecule has 4 aromatic heterocycles. The van der Waals surface area contributed by atoms with E-state index in [1.165, 1.54) is 122 Å². The van der Waals surface area contributed by atoms with Gasteiger partial charge in [0.05, 0.1) is 7.57 Å². The van der Waals surface area contributed by atoms with Crippen molar-refractivity contribution in [2.24, 2.45) is 0 Å². The lowest BCUT2D eigenvalue weighted by molar-refractivity contribution is 0.668. The first-order valence-electron chi connectivity index (χ1n) is 17.2. The molecular weight excluding hydrogens is 793 g/mol. The average Bonchev–Trinajstić information content (AvgIpc) is 3.92. The summed E-state index contributed by atoms with van der Waals surface area (Å²) in [6.45, 7) is 4.56. The second-order valence-corrected chi connectivity index (χ2v) is 19.4. The van der Waals surface area contributed by atoms with Crippen molar-refractivity contribution in [1.82, 2.24) is 0 Å². The average molecular weight is 835 g/mol. The molecule has 0 aliphatic carbocycles. The Morgan fingerprint density at radius 2 is 0.875 bits per heavy atom. The number of halogens is 2. The van der Waals surface area contributed by atoms with E-state index in [-0.39, 0.29) is 0 Å². The van der Waals surface area contributed by atoms with E-state index in [2.05, 4.69) is 143 Å². The summed E-state index contributed by atoms with van der Waals surface area (Å²) in [4.78, 5) is 8.33. The van der Waals surface area contributed by atoms with Gasteiger partial charge in [0.15, 0.2) is 0 Å². The fraction of sp³-hybridized carbons (Fsp3) is 0.286. The van der Waals surface area contributed by atoms with Crippen LogP contribution in [0.25, 0.3) is 52.5 Å². The smallest absolute Gasteiger partial charge is 0.0705 e. The van der Waals surface area contributed by atoms with Crippen LogP contribution in [0.15, 0.2) is 92.5 Å². The molecule has 0 saturated carbocycles. The molecule has 6 aromatic rings. The van der Waals surface area contributed by atoms with Gasteiger partial charge in [0.2, 0.25) is 0 Å². The summed E-state index contributed by atoms with van der Waals surface area (Å²) in [5, 5.41) is 0. The zero-order chi connectivity index (χ0) is 33.3. The molecule has 0 saturated heterocycles. The summed E-state index contributed by atoms with van der Waals surface area (Å²) in [6, 6.07) is 31.9. The van der Waals surface area contributed by atoms with Gasteiger partial charge in [-0.3, -0.25) is 0 Å². The zero-order valence-electron chi connectivity index (χ0n) is 27.7. The topological polar surface area (TPSA) is 0 Å². The van der Waals surface area contributed by atoms with Crippen LogP contribution < -0.4 is 0 Å². The lowest BCUT2D eigenvalue weighted by Gasteiger charge is -2.01. The maximum absolute atomic E-state index is 3.67. The van der Waals surface area contributed by atoms with Crippen LogP contribution in [0.2, 0.25) is 0 Å². The first kappa shape index (κ1) is 35.8. The van der Waals surface area contributed by atoms with Gasteiger partial charge in [-0.2, -0.15) is 0 Å². The predicted molar refractivity (Wildman–Crippen MR) is 226 cm³/mol. The number of benzene rings is 2. The summed E-state index contributed by atoms with van der Waals surface area (Å²) < 4.78 is 2.39. The molecular formula is C42H42Br2S4. The van der Waals surface area contributed by atoms with Crippen LogP contribution >= 0.6 is 77.2 Å². The highest BCUT2D eigenvalue weighted by Crippen LogP contribution is 2.44. The number of unbranched alkanes of at least 4 members (excludes halogenated alkanes) is 6. The molecule has 0 bridgehead atoms. The summed E-state index contributed by atoms with van der Waals surface area (Å²) >= 11 is 14.9. The Kier molecular flexibility index (Phi) is 13.2. The summed E-state index contributed by atoms with van der Waals surface area (Å²) in [7, 11) is 0. The molecule has 48 heavy (non-hydrogen) atoms. The number of hydrogen-bond donors (Lipinski definition) is 0. The molecule has 0 N–H and O–H groups in total. The molecule has 0 fully saturated rings. The Bertz CT molecular complexity index is 1770. The molecule has 0 radical (unpaired) electrons. The molecule has 0 nitrogen and oxygen atoms in total. The lowest BCUT2D eigenvalue weighted by atomic mass is 10.0. The Morgan fingerprint density at radius 3 is 1.23 bits per heavy atom. The molecule has 248 valence electrons. The molecule has 0 spiro atoms. The van der Waals surface area contributed by atoms with Crippen LogP contribution in [0, 0.1) is 0 Å². The summed E-state index contributed by atoms with van der Waals surface area (Å²) in [5.74, 6) is 0. The van der Waals surface area contributed by atoms with E-state index in [9.17, 15) is 0 Å². The molecule has 6 heteroatoms. The van der Waals surface area contributed by atoms with Crippen LogP contribution in [0.1, 0.15) is 87.5 Å². The van der Waals surface area contributed by atoms with Crippen molar-refractivity contribution in [3.05, 3.63) is 115 Å². The van der Waals surface area contributed by atoms with Gasteiger partial charge in [0, 0.05) is 29.3 Å². The van der Waals surface area contributed by atoms with E-state index in [0.29, 0.717) is 0 Å². The highest BCUT2D eigenvalue weighted by atomic mass is 79.9. The van der Waals surface area contributed by atoms with Crippen molar-refractivity contribution in [2.45, 2.75) is 78.1 Å². The molecule has 0 aliphatic heterocycles. The monoisotopic (exact) mass is 832 g/mol. The third-order valence-corrected chi connectivity index (χ3v) is 14.7. The predicted octanol–water partition coefficient (Wildman–Crippen LogP) is 16.5. The van der Waals surface area contributed by atoms with Gasteiger partial charge in [-0.1, -0.05) is 113 Å². The lowest BCUT2D eigenvalue weighted by Crippen LogP contribution is -1.85. The Balaban J connectivity index is 1.14. The molecule has 0 amide bonds. The van der Waals surface area contributed by atoms with Gasteiger partial charge < -0.3 is 0 Å². The fourth-order valence-corrected chi connectivity index (χ4v) is 11.5. The van der Waals surface area contributed by atoms with E-state index in [1.807, 2.05) is 45.3 Å². The highest BCUT2D eigenvalue weighted by Gasteiger charge is 2.16. The molecule has 4 heterocycles. The van der Waals surface area contributed by atoms with Crippen LogP contribution in [-0.2, 0) is 12.8 Å². The molecule has 0 unspecified atom stereocenters. The summed E-state index contributed by atoms with van der Waals surface area (Å²) in [5.41, 5.74) is 8.03. The van der Waals surface area contributed by atoms with Crippen molar-refractivity contribution < 1.29 is 0 Å². The van der Waals surface area contributed by atoms with E-state index in [4.69, 9.17) is 0 Å². The third kappa shape index (κ3) is 9.38. The minimum Gasteiger partial charge on any atom is -0.134 e. The standard InChI is InChI=1S/C42H42Br2S4/c1-3-5-7-9-11-33-27-37(47-41(33)35-23-25-39(43)45-35)31-19-15-29(16-20-31)13-14-30-17-21-32(22-18-30)38-28-34(12-10-8-6-4-2)42(48-38)36-24-26-40(44)46-36/h13-28H,3-12H2,1-2H3/b14-13+. The molecule has 0 atom stereocenters. The molecule has 0 aliphatic rings. The van der Waals surface area contributed by atoms with E-state index >= 15 is 0 Å². The van der Waals surface area contributed by atoms with Gasteiger partial charge >= 0.3 is 0 Å². The quantitative estimate of drug-likeness (QED) is 0.0673. The first-order valence-corrected chi connectivity index (χ1v) is 22.0. The third-order valence-electron chi connectivity index (χ3n) is 8.67. The van der Waals surface area contributed by atoms with E-state index < -0.39 is 0 Å². The van der Waals surface area contributed by atoms with Crippen LogP contribution in [0.4, 0.5) is 0 Å². The van der Waals surface area contributed by atoms with Crippen molar-refractivity contribution in [3.8, 4) is 40.4 Å². The number of rotatable bonds is 16. The minimum absolute atomic E-state index is 1.15. The van der Waals surface area contributed by atoms with Gasteiger partial charge in [0.25, 0.3) is 0 Å². The maximum atomic E-state index is 3.67. The van der Waals surface area contributed by atoms with Crippen molar-refractivity contribution in [3.63, 3.8) is 0 Å². The summed E-state index contributed by atoms with van der Waals surface area (Å²) in [6.07, 6.45) is 17.1. The Morgan fingerprint density at radius 1 is 0.458 bits per heavy atom. The number of hydrogen-bond acceptors (Lipinski definition) is 4. The van der Waals surface area contributed by atoms with Crippen molar-refractivity contribution >= 4 is 89.4 Å². The van der Waals surface area contributed by atoms with Gasteiger partial charge in [-0.25, -0.2) is 0 Å². The molecule has 6 rings (SSSR count). The van der Waals surface area contributed by atoms with Gasteiger partial charge in [-0.15, -0.1) is 45.3 Å². The largest absolute Gasteiger partial charge is 0.134 e. The zero-order valence-corrected chi connectivity index (χ0v) is 34.1. The van der Waals surface area contributed by atoms with Crippen LogP contribution in [0.3, 0.4) is 0 Å². The van der Waals surface area contributed by atoms with Crippen molar-refractivity contribution in [1.29, 1.82) is 0 Å². The number of aryl methyl sites for hydroxylation is 2. The maximum Gasteiger partial charge on any atom is 0.0705 e. The van der Waals surface area contributed by atoms with Crippen LogP contribution in [0.5, 0.6) is 0 Å². The van der Waals surface area contributed by atoms with Crippen LogP contribution in [-0.4, -0.2) is 0 Å². The first-order chi connectivity index (χ1) is 23.5. The Hall–Kier alpha value is -2.06. The second-order valence-electron chi connectivity index (χ2n) is 12.3. The Labute approximate surface area is 319 Å². The van der Waals surface area contributed by atoms with Crippen molar-refractivity contribution in [2.75, 3.05) is 0 Å². The minimum atomic E-state index is 1.15. The second kappa shape index (κ2) is 17.7. The van der Waals surface area contributed by atoms with E-state index in [0.717, 1.165) is 12.8 Å².